The molecule has 0 amide bonds. The average molecular weight is 390 g/mol. The number of rotatable bonds is 2. The molecule has 3 heterocycles. The molecule has 2 aromatic rings. The van der Waals surface area contributed by atoms with E-state index in [2.05, 4.69) is 9.71 Å². The van der Waals surface area contributed by atoms with Gasteiger partial charge in [-0.15, -0.1) is 0 Å². The lowest BCUT2D eigenvalue weighted by Crippen LogP contribution is -2.43. The first-order valence-corrected chi connectivity index (χ1v) is 9.99. The summed E-state index contributed by atoms with van der Waals surface area (Å²) in [7, 11) is -3.60. The second-order valence-electron chi connectivity index (χ2n) is 6.23. The van der Waals surface area contributed by atoms with E-state index in [1.807, 2.05) is 0 Å². The van der Waals surface area contributed by atoms with E-state index < -0.39 is 10.2 Å². The van der Waals surface area contributed by atoms with Crippen LogP contribution in [-0.4, -0.2) is 37.5 Å². The van der Waals surface area contributed by atoms with Crippen molar-refractivity contribution in [1.29, 1.82) is 0 Å². The molecule has 2 N–H and O–H groups in total. The zero-order valence-electron chi connectivity index (χ0n) is 12.8. The van der Waals surface area contributed by atoms with E-state index in [1.54, 1.807) is 12.3 Å². The molecule has 0 radical (unpaired) electrons. The second kappa shape index (κ2) is 6.07. The smallest absolute Gasteiger partial charge is 0.302 e. The van der Waals surface area contributed by atoms with E-state index in [-0.39, 0.29) is 0 Å². The number of hydrogen-bond donors (Lipinski definition) is 2. The molecule has 0 saturated carbocycles. The van der Waals surface area contributed by atoms with Crippen LogP contribution in [-0.2, 0) is 21.5 Å². The first kappa shape index (κ1) is 16.5. The summed E-state index contributed by atoms with van der Waals surface area (Å²) in [4.78, 5) is 3.01. The van der Waals surface area contributed by atoms with Gasteiger partial charge in [0.05, 0.1) is 21.2 Å². The van der Waals surface area contributed by atoms with Gasteiger partial charge >= 0.3 is 10.2 Å². The van der Waals surface area contributed by atoms with Crippen molar-refractivity contribution >= 4 is 50.0 Å². The molecule has 1 fully saturated rings. The van der Waals surface area contributed by atoms with Crippen molar-refractivity contribution in [3.63, 3.8) is 0 Å². The fourth-order valence-electron chi connectivity index (χ4n) is 3.38. The highest BCUT2D eigenvalue weighted by Crippen LogP contribution is 2.40. The van der Waals surface area contributed by atoms with Crippen molar-refractivity contribution in [2.24, 2.45) is 5.92 Å². The highest BCUT2D eigenvalue weighted by Gasteiger charge is 2.33. The number of ether oxygens (including phenoxy) is 1. The van der Waals surface area contributed by atoms with Gasteiger partial charge in [-0.3, -0.25) is 4.72 Å². The van der Waals surface area contributed by atoms with Crippen molar-refractivity contribution in [2.75, 3.05) is 24.5 Å². The zero-order valence-corrected chi connectivity index (χ0v) is 15.1. The number of anilines is 1. The molecule has 0 unspecified atom stereocenters. The molecule has 2 aliphatic rings. The molecule has 1 aromatic heterocycles. The van der Waals surface area contributed by atoms with Crippen LogP contribution in [0.4, 0.5) is 5.69 Å². The summed E-state index contributed by atoms with van der Waals surface area (Å²) in [5.74, 6) is 0.316. The molecule has 0 bridgehead atoms. The predicted molar refractivity (Wildman–Crippen MR) is 94.8 cm³/mol. The predicted octanol–water partition coefficient (Wildman–Crippen LogP) is 3.37. The minimum Gasteiger partial charge on any atom is -0.381 e. The number of H-pyrrole nitrogens is 1. The Bertz CT molecular complexity index is 891. The Kier molecular flexibility index (Phi) is 4.17. The van der Waals surface area contributed by atoms with Crippen LogP contribution in [0.1, 0.15) is 18.4 Å². The molecule has 1 saturated heterocycles. The molecule has 0 aliphatic carbocycles. The lowest BCUT2D eigenvalue weighted by molar-refractivity contribution is 0.0601. The van der Waals surface area contributed by atoms with Crippen molar-refractivity contribution in [3.05, 3.63) is 27.9 Å². The Balaban J connectivity index is 1.71. The van der Waals surface area contributed by atoms with E-state index in [9.17, 15) is 8.42 Å². The molecule has 4 rings (SSSR count). The van der Waals surface area contributed by atoms with Crippen molar-refractivity contribution in [1.82, 2.24) is 9.29 Å². The van der Waals surface area contributed by atoms with Gasteiger partial charge in [0, 0.05) is 37.9 Å². The quantitative estimate of drug-likeness (QED) is 0.826. The standard InChI is InChI=1S/C15H17Cl2N3O3S/c16-11-5-10-8-20(7-9-1-3-23-4-2-9)24(21,22)19-14(10)15-13(11)12(17)6-18-15/h5-6,9,18-19H,1-4,7-8H2. The molecule has 130 valence electrons. The maximum atomic E-state index is 12.7. The molecule has 1 aromatic carbocycles. The third-order valence-electron chi connectivity index (χ3n) is 4.66. The lowest BCUT2D eigenvalue weighted by Gasteiger charge is -2.33. The minimum atomic E-state index is -3.60. The number of hydrogen-bond acceptors (Lipinski definition) is 3. The highest BCUT2D eigenvalue weighted by molar-refractivity contribution is 7.90. The van der Waals surface area contributed by atoms with Crippen LogP contribution in [0.5, 0.6) is 0 Å². The first-order chi connectivity index (χ1) is 11.5. The fraction of sp³-hybridized carbons (Fsp3) is 0.467. The maximum absolute atomic E-state index is 12.7. The van der Waals surface area contributed by atoms with Gasteiger partial charge in [-0.2, -0.15) is 12.7 Å². The Hall–Kier alpha value is -0.990. The maximum Gasteiger partial charge on any atom is 0.302 e. The van der Waals surface area contributed by atoms with Crippen LogP contribution in [0.25, 0.3) is 10.9 Å². The van der Waals surface area contributed by atoms with Gasteiger partial charge < -0.3 is 9.72 Å². The van der Waals surface area contributed by atoms with Gasteiger partial charge in [0.15, 0.2) is 0 Å². The topological polar surface area (TPSA) is 74.4 Å². The Morgan fingerprint density at radius 2 is 2.00 bits per heavy atom. The third kappa shape index (κ3) is 2.78. The van der Waals surface area contributed by atoms with E-state index >= 15 is 0 Å². The SMILES string of the molecule is O=S1(=O)Nc2c(cc(Cl)c3c(Cl)c[nH]c23)CN1CC1CCOCC1. The number of nitrogens with one attached hydrogen (secondary N) is 2. The van der Waals surface area contributed by atoms with Crippen LogP contribution in [0, 0.1) is 5.92 Å². The molecule has 0 spiro atoms. The molecule has 24 heavy (non-hydrogen) atoms. The monoisotopic (exact) mass is 389 g/mol. The minimum absolute atomic E-state index is 0.300. The zero-order chi connectivity index (χ0) is 16.9. The van der Waals surface area contributed by atoms with Gasteiger partial charge in [-0.05, 0) is 30.4 Å². The largest absolute Gasteiger partial charge is 0.381 e. The van der Waals surface area contributed by atoms with Crippen molar-refractivity contribution in [3.8, 4) is 0 Å². The molecule has 9 heteroatoms. The van der Waals surface area contributed by atoms with Gasteiger partial charge in [-0.25, -0.2) is 0 Å². The molecular formula is C15H17Cl2N3O3S. The van der Waals surface area contributed by atoms with Crippen LogP contribution < -0.4 is 4.72 Å². The lowest BCUT2D eigenvalue weighted by atomic mass is 10.0. The first-order valence-electron chi connectivity index (χ1n) is 7.79. The molecule has 2 aliphatic heterocycles. The van der Waals surface area contributed by atoms with Gasteiger partial charge in [-0.1, -0.05) is 23.2 Å². The Morgan fingerprint density at radius 3 is 2.75 bits per heavy atom. The number of aromatic nitrogens is 1. The van der Waals surface area contributed by atoms with Gasteiger partial charge in [0.2, 0.25) is 0 Å². The van der Waals surface area contributed by atoms with Crippen LogP contribution in [0.2, 0.25) is 10.0 Å². The number of nitrogens with zero attached hydrogens (tertiary/aromatic N) is 1. The summed E-state index contributed by atoms with van der Waals surface area (Å²) in [6.07, 6.45) is 3.37. The Labute approximate surface area is 150 Å². The number of benzene rings is 1. The van der Waals surface area contributed by atoms with E-state index in [0.717, 1.165) is 18.4 Å². The summed E-state index contributed by atoms with van der Waals surface area (Å²) >= 11 is 12.5. The fourth-order valence-corrected chi connectivity index (χ4v) is 5.34. The highest BCUT2D eigenvalue weighted by atomic mass is 35.5. The van der Waals surface area contributed by atoms with Crippen LogP contribution >= 0.6 is 23.2 Å². The molecular weight excluding hydrogens is 373 g/mol. The normalized spacial score (nSPS) is 21.6. The average Bonchev–Trinajstić information content (AvgIpc) is 2.93. The van der Waals surface area contributed by atoms with Crippen molar-refractivity contribution < 1.29 is 13.2 Å². The van der Waals surface area contributed by atoms with Crippen LogP contribution in [0.15, 0.2) is 12.3 Å². The van der Waals surface area contributed by atoms with Crippen molar-refractivity contribution in [2.45, 2.75) is 19.4 Å². The number of aromatic amines is 1. The summed E-state index contributed by atoms with van der Waals surface area (Å²) in [6.45, 7) is 2.17. The van der Waals surface area contributed by atoms with Crippen LogP contribution in [0.3, 0.4) is 0 Å². The summed E-state index contributed by atoms with van der Waals surface area (Å²) in [6, 6.07) is 1.79. The summed E-state index contributed by atoms with van der Waals surface area (Å²) in [5.41, 5.74) is 1.99. The second-order valence-corrected chi connectivity index (χ2v) is 8.72. The Morgan fingerprint density at radius 1 is 1.25 bits per heavy atom. The summed E-state index contributed by atoms with van der Waals surface area (Å²) < 4.78 is 34.8. The number of halogens is 2. The number of fused-ring (bicyclic) bond motifs is 3. The van der Waals surface area contributed by atoms with E-state index in [4.69, 9.17) is 27.9 Å². The summed E-state index contributed by atoms with van der Waals surface area (Å²) in [5, 5.41) is 1.63. The van der Waals surface area contributed by atoms with Gasteiger partial charge in [0.25, 0.3) is 0 Å². The van der Waals surface area contributed by atoms with Gasteiger partial charge in [0.1, 0.15) is 0 Å². The molecule has 6 nitrogen and oxygen atoms in total. The third-order valence-corrected chi connectivity index (χ3v) is 6.68. The van der Waals surface area contributed by atoms with E-state index in [1.165, 1.54) is 4.31 Å². The molecule has 0 atom stereocenters. The van der Waals surface area contributed by atoms with E-state index in [0.29, 0.717) is 58.9 Å².